The van der Waals surface area contributed by atoms with Crippen LogP contribution in [0.15, 0.2) is 18.2 Å². The zero-order valence-corrected chi connectivity index (χ0v) is 22.7. The lowest BCUT2D eigenvalue weighted by Gasteiger charge is -2.31. The Morgan fingerprint density at radius 1 is 0.794 bits per heavy atom. The topological polar surface area (TPSA) is 21.7 Å². The Morgan fingerprint density at radius 2 is 1.50 bits per heavy atom. The first-order valence-electron chi connectivity index (χ1n) is 14.7. The van der Waals surface area contributed by atoms with E-state index in [2.05, 4.69) is 36.9 Å². The fourth-order valence-electron chi connectivity index (χ4n) is 6.28. The molecule has 1 aromatic rings. The van der Waals surface area contributed by atoms with E-state index in [1.807, 2.05) is 0 Å². The predicted octanol–water partition coefficient (Wildman–Crippen LogP) is 7.76. The molecule has 0 radical (unpaired) electrons. The average Bonchev–Trinajstić information content (AvgIpc) is 3.17. The monoisotopic (exact) mass is 471 g/mol. The molecule has 2 aliphatic rings. The third-order valence-corrected chi connectivity index (χ3v) is 8.38. The van der Waals surface area contributed by atoms with E-state index >= 15 is 0 Å². The first-order chi connectivity index (χ1) is 16.8. The number of unbranched alkanes of at least 4 members (excludes halogenated alkanes) is 8. The Bertz CT molecular complexity index is 675. The molecule has 0 N–H and O–H groups in total. The number of benzene rings is 1. The van der Waals surface area contributed by atoms with Gasteiger partial charge in [0.25, 0.3) is 0 Å². The van der Waals surface area contributed by atoms with Crippen LogP contribution in [0.5, 0.6) is 0 Å². The Kier molecular flexibility index (Phi) is 13.0. The number of nitrogens with zero attached hydrogens (tertiary/aromatic N) is 1. The van der Waals surface area contributed by atoms with Gasteiger partial charge in [-0.1, -0.05) is 96.3 Å². The molecule has 1 aliphatic carbocycles. The molecule has 0 aromatic heterocycles. The molecule has 3 atom stereocenters. The van der Waals surface area contributed by atoms with Crippen molar-refractivity contribution in [3.05, 3.63) is 34.9 Å². The maximum Gasteiger partial charge on any atom is 0.0700 e. The molecular formula is C31H53NO2. The number of rotatable bonds is 19. The summed E-state index contributed by atoms with van der Waals surface area (Å²) in [5.41, 5.74) is 4.78. The number of hydrogen-bond donors (Lipinski definition) is 0. The highest BCUT2D eigenvalue weighted by Crippen LogP contribution is 2.46. The molecule has 0 spiro atoms. The predicted molar refractivity (Wildman–Crippen MR) is 145 cm³/mol. The van der Waals surface area contributed by atoms with Crippen LogP contribution in [0.1, 0.15) is 114 Å². The summed E-state index contributed by atoms with van der Waals surface area (Å²) >= 11 is 0. The first-order valence-corrected chi connectivity index (χ1v) is 14.7. The molecule has 1 fully saturated rings. The third-order valence-electron chi connectivity index (χ3n) is 8.38. The van der Waals surface area contributed by atoms with Crippen molar-refractivity contribution in [3.63, 3.8) is 0 Å². The van der Waals surface area contributed by atoms with Crippen molar-refractivity contribution in [1.29, 1.82) is 0 Å². The smallest absolute Gasteiger partial charge is 0.0700 e. The molecule has 1 aliphatic heterocycles. The number of ether oxygens (including phenoxy) is 2. The van der Waals surface area contributed by atoms with Crippen LogP contribution in [0.2, 0.25) is 0 Å². The maximum absolute atomic E-state index is 5.93. The van der Waals surface area contributed by atoms with E-state index in [1.165, 1.54) is 96.4 Å². The van der Waals surface area contributed by atoms with Crippen LogP contribution in [0.4, 0.5) is 0 Å². The molecule has 1 aromatic carbocycles. The Morgan fingerprint density at radius 3 is 2.21 bits per heavy atom. The van der Waals surface area contributed by atoms with Gasteiger partial charge in [-0.05, 0) is 54.2 Å². The molecule has 194 valence electrons. The lowest BCUT2D eigenvalue weighted by Crippen LogP contribution is -2.30. The van der Waals surface area contributed by atoms with E-state index in [1.54, 1.807) is 23.8 Å². The molecule has 3 nitrogen and oxygen atoms in total. The minimum atomic E-state index is 0.573. The molecular weight excluding hydrogens is 418 g/mol. The van der Waals surface area contributed by atoms with Crippen molar-refractivity contribution >= 4 is 0 Å². The minimum Gasteiger partial charge on any atom is -0.382 e. The largest absolute Gasteiger partial charge is 0.382 e. The molecule has 0 amide bonds. The summed E-state index contributed by atoms with van der Waals surface area (Å²) in [6, 6.07) is 8.03. The van der Waals surface area contributed by atoms with Crippen molar-refractivity contribution in [3.8, 4) is 0 Å². The summed E-state index contributed by atoms with van der Waals surface area (Å²) in [6.45, 7) is 9.15. The number of hydrogen-bond acceptors (Lipinski definition) is 3. The van der Waals surface area contributed by atoms with E-state index in [9.17, 15) is 0 Å². The van der Waals surface area contributed by atoms with Crippen molar-refractivity contribution in [2.45, 2.75) is 110 Å². The zero-order chi connectivity index (χ0) is 24.0. The van der Waals surface area contributed by atoms with Crippen molar-refractivity contribution in [1.82, 2.24) is 4.90 Å². The van der Waals surface area contributed by atoms with Gasteiger partial charge < -0.3 is 9.47 Å². The summed E-state index contributed by atoms with van der Waals surface area (Å²) in [5.74, 6) is 1.63. The Labute approximate surface area is 211 Å². The molecule has 3 rings (SSSR count). The highest BCUT2D eigenvalue weighted by Gasteiger charge is 2.41. The molecule has 34 heavy (non-hydrogen) atoms. The second kappa shape index (κ2) is 16.0. The van der Waals surface area contributed by atoms with E-state index in [0.717, 1.165) is 25.0 Å². The van der Waals surface area contributed by atoms with Gasteiger partial charge in [0.05, 0.1) is 19.8 Å². The van der Waals surface area contributed by atoms with Crippen LogP contribution in [-0.4, -0.2) is 44.9 Å². The van der Waals surface area contributed by atoms with Crippen LogP contribution in [-0.2, 0) is 22.3 Å². The van der Waals surface area contributed by atoms with E-state index in [-0.39, 0.29) is 0 Å². The SMILES string of the molecule is CCCCCCCCC1CN(CCOCCOC)C(c2ccc3c(c2)CC3)C1CCCCCC. The van der Waals surface area contributed by atoms with Gasteiger partial charge in [0, 0.05) is 26.2 Å². The second-order valence-electron chi connectivity index (χ2n) is 10.9. The van der Waals surface area contributed by atoms with E-state index < -0.39 is 0 Å². The summed E-state index contributed by atoms with van der Waals surface area (Å²) in [7, 11) is 1.75. The standard InChI is InChI=1S/C31H53NO2/c1-4-6-8-10-11-12-14-29-25-32(20-21-34-23-22-33-3)31(30(29)15-13-9-7-5-2)28-19-17-26-16-18-27(26)24-28/h17,19,24,29-31H,4-16,18,20-23,25H2,1-3H3. The Hall–Kier alpha value is -0.900. The van der Waals surface area contributed by atoms with Gasteiger partial charge in [-0.2, -0.15) is 0 Å². The van der Waals surface area contributed by atoms with Crippen LogP contribution in [0.25, 0.3) is 0 Å². The van der Waals surface area contributed by atoms with Crippen LogP contribution in [0, 0.1) is 11.8 Å². The fourth-order valence-corrected chi connectivity index (χ4v) is 6.28. The summed E-state index contributed by atoms with van der Waals surface area (Å²) in [6.07, 6.45) is 19.3. The molecule has 3 unspecified atom stereocenters. The van der Waals surface area contributed by atoms with Gasteiger partial charge in [0.2, 0.25) is 0 Å². The zero-order valence-electron chi connectivity index (χ0n) is 22.7. The van der Waals surface area contributed by atoms with Crippen LogP contribution in [0.3, 0.4) is 0 Å². The molecule has 0 saturated carbocycles. The molecule has 1 saturated heterocycles. The van der Waals surface area contributed by atoms with Gasteiger partial charge in [0.15, 0.2) is 0 Å². The lowest BCUT2D eigenvalue weighted by atomic mass is 9.78. The summed E-state index contributed by atoms with van der Waals surface area (Å²) < 4.78 is 11.1. The van der Waals surface area contributed by atoms with E-state index in [4.69, 9.17) is 9.47 Å². The van der Waals surface area contributed by atoms with Crippen molar-refractivity contribution < 1.29 is 9.47 Å². The van der Waals surface area contributed by atoms with Gasteiger partial charge >= 0.3 is 0 Å². The number of fused-ring (bicyclic) bond motifs is 1. The highest BCUT2D eigenvalue weighted by molar-refractivity contribution is 5.40. The van der Waals surface area contributed by atoms with Gasteiger partial charge in [-0.15, -0.1) is 0 Å². The van der Waals surface area contributed by atoms with Crippen LogP contribution >= 0.6 is 0 Å². The fraction of sp³-hybridized carbons (Fsp3) is 0.806. The average molecular weight is 472 g/mol. The van der Waals surface area contributed by atoms with Crippen molar-refractivity contribution in [2.75, 3.05) is 40.0 Å². The van der Waals surface area contributed by atoms with Gasteiger partial charge in [-0.3, -0.25) is 4.90 Å². The first kappa shape index (κ1) is 27.7. The third kappa shape index (κ3) is 8.35. The quantitative estimate of drug-likeness (QED) is 0.192. The molecule has 3 heteroatoms. The highest BCUT2D eigenvalue weighted by atomic mass is 16.5. The van der Waals surface area contributed by atoms with E-state index in [0.29, 0.717) is 19.3 Å². The number of aryl methyl sites for hydroxylation is 2. The van der Waals surface area contributed by atoms with Gasteiger partial charge in [0.1, 0.15) is 0 Å². The number of methoxy groups -OCH3 is 1. The van der Waals surface area contributed by atoms with Gasteiger partial charge in [-0.25, -0.2) is 0 Å². The Balaban J connectivity index is 1.67. The normalized spacial score (nSPS) is 22.1. The summed E-state index contributed by atoms with van der Waals surface area (Å²) in [4.78, 5) is 2.79. The summed E-state index contributed by atoms with van der Waals surface area (Å²) in [5, 5.41) is 0. The maximum atomic E-state index is 5.93. The van der Waals surface area contributed by atoms with Crippen LogP contribution < -0.4 is 0 Å². The molecule has 1 heterocycles. The van der Waals surface area contributed by atoms with Crippen molar-refractivity contribution in [2.24, 2.45) is 11.8 Å². The molecule has 0 bridgehead atoms. The number of likely N-dealkylation sites (tertiary alicyclic amines) is 1. The minimum absolute atomic E-state index is 0.573. The second-order valence-corrected chi connectivity index (χ2v) is 10.9. The lowest BCUT2D eigenvalue weighted by molar-refractivity contribution is 0.0532.